The molecule has 1 aromatic rings. The van der Waals surface area contributed by atoms with Gasteiger partial charge in [-0.3, -0.25) is 0 Å². The van der Waals surface area contributed by atoms with Crippen LogP contribution in [0.2, 0.25) is 0 Å². The van der Waals surface area contributed by atoms with E-state index in [1.807, 2.05) is 25.1 Å². The number of carbonyl (C=O) groups excluding carboxylic acids is 1. The van der Waals surface area contributed by atoms with Gasteiger partial charge in [0.25, 0.3) is 0 Å². The summed E-state index contributed by atoms with van der Waals surface area (Å²) < 4.78 is 10.7. The second-order valence-corrected chi connectivity index (χ2v) is 4.66. The quantitative estimate of drug-likeness (QED) is 0.717. The van der Waals surface area contributed by atoms with E-state index in [0.717, 1.165) is 5.56 Å². The van der Waals surface area contributed by atoms with Crippen LogP contribution in [0.5, 0.6) is 0 Å². The summed E-state index contributed by atoms with van der Waals surface area (Å²) in [7, 11) is 0. The van der Waals surface area contributed by atoms with Crippen LogP contribution in [-0.2, 0) is 20.7 Å². The molecule has 1 aliphatic heterocycles. The van der Waals surface area contributed by atoms with Gasteiger partial charge in [-0.1, -0.05) is 29.8 Å². The first-order valence-corrected chi connectivity index (χ1v) is 5.42. The minimum Gasteiger partial charge on any atom is -0.433 e. The number of benzene rings is 1. The lowest BCUT2D eigenvalue weighted by Crippen LogP contribution is -2.27. The standard InChI is InChI=1S/C13H16O3/c1-9-5-4-6-10(7-9)8-11-15-12(14)13(2,3)16-11/h4-7,11H,8H2,1-3H3. The van der Waals surface area contributed by atoms with E-state index in [1.165, 1.54) is 5.56 Å². The van der Waals surface area contributed by atoms with Gasteiger partial charge in [0, 0.05) is 6.42 Å². The van der Waals surface area contributed by atoms with Crippen molar-refractivity contribution in [3.8, 4) is 0 Å². The van der Waals surface area contributed by atoms with Crippen molar-refractivity contribution in [3.05, 3.63) is 35.4 Å². The van der Waals surface area contributed by atoms with Crippen LogP contribution in [0.1, 0.15) is 25.0 Å². The van der Waals surface area contributed by atoms with Crippen LogP contribution in [0, 0.1) is 6.92 Å². The molecule has 16 heavy (non-hydrogen) atoms. The molecule has 0 spiro atoms. The molecule has 0 bridgehead atoms. The molecule has 86 valence electrons. The first kappa shape index (κ1) is 11.1. The van der Waals surface area contributed by atoms with Crippen LogP contribution in [0.25, 0.3) is 0 Å². The smallest absolute Gasteiger partial charge is 0.340 e. The minimum absolute atomic E-state index is 0.287. The van der Waals surface area contributed by atoms with Gasteiger partial charge in [-0.15, -0.1) is 0 Å². The van der Waals surface area contributed by atoms with Crippen molar-refractivity contribution in [1.82, 2.24) is 0 Å². The highest BCUT2D eigenvalue weighted by Gasteiger charge is 2.42. The van der Waals surface area contributed by atoms with Gasteiger partial charge in [0.1, 0.15) is 0 Å². The molecule has 1 unspecified atom stereocenters. The number of aryl methyl sites for hydroxylation is 1. The minimum atomic E-state index is -0.811. The Kier molecular flexibility index (Phi) is 2.72. The van der Waals surface area contributed by atoms with Gasteiger partial charge in [0.2, 0.25) is 6.29 Å². The van der Waals surface area contributed by atoms with Crippen molar-refractivity contribution in [2.45, 2.75) is 39.1 Å². The Bertz CT molecular complexity index is 409. The monoisotopic (exact) mass is 220 g/mol. The van der Waals surface area contributed by atoms with E-state index in [-0.39, 0.29) is 5.97 Å². The van der Waals surface area contributed by atoms with Crippen LogP contribution in [0.3, 0.4) is 0 Å². The fourth-order valence-corrected chi connectivity index (χ4v) is 1.78. The van der Waals surface area contributed by atoms with Crippen molar-refractivity contribution in [2.24, 2.45) is 0 Å². The molecular formula is C13H16O3. The van der Waals surface area contributed by atoms with Crippen molar-refractivity contribution in [1.29, 1.82) is 0 Å². The van der Waals surface area contributed by atoms with Gasteiger partial charge in [0.15, 0.2) is 5.60 Å². The molecule has 1 saturated heterocycles. The van der Waals surface area contributed by atoms with Gasteiger partial charge in [0.05, 0.1) is 0 Å². The number of ether oxygens (including phenoxy) is 2. The van der Waals surface area contributed by atoms with Crippen LogP contribution in [0.4, 0.5) is 0 Å². The molecule has 0 aliphatic carbocycles. The Morgan fingerprint density at radius 2 is 2.12 bits per heavy atom. The van der Waals surface area contributed by atoms with Crippen molar-refractivity contribution < 1.29 is 14.3 Å². The summed E-state index contributed by atoms with van der Waals surface area (Å²) in [5, 5.41) is 0. The third-order valence-electron chi connectivity index (χ3n) is 2.64. The summed E-state index contributed by atoms with van der Waals surface area (Å²) in [6.07, 6.45) is 0.154. The third kappa shape index (κ3) is 2.25. The lowest BCUT2D eigenvalue weighted by atomic mass is 10.1. The summed E-state index contributed by atoms with van der Waals surface area (Å²) in [6.45, 7) is 5.49. The van der Waals surface area contributed by atoms with Crippen LogP contribution in [0.15, 0.2) is 24.3 Å². The number of carbonyl (C=O) groups is 1. The number of esters is 1. The maximum absolute atomic E-state index is 11.4. The first-order valence-electron chi connectivity index (χ1n) is 5.42. The van der Waals surface area contributed by atoms with E-state index in [0.29, 0.717) is 6.42 Å². The van der Waals surface area contributed by atoms with Crippen molar-refractivity contribution in [2.75, 3.05) is 0 Å². The average molecular weight is 220 g/mol. The molecule has 1 fully saturated rings. The Morgan fingerprint density at radius 3 is 2.69 bits per heavy atom. The number of cyclic esters (lactones) is 1. The van der Waals surface area contributed by atoms with E-state index in [4.69, 9.17) is 9.47 Å². The van der Waals surface area contributed by atoms with E-state index in [9.17, 15) is 4.79 Å². The normalized spacial score (nSPS) is 23.2. The summed E-state index contributed by atoms with van der Waals surface area (Å²) in [6, 6.07) is 8.11. The molecule has 0 saturated carbocycles. The van der Waals surface area contributed by atoms with Crippen LogP contribution < -0.4 is 0 Å². The summed E-state index contributed by atoms with van der Waals surface area (Å²) in [5.74, 6) is -0.287. The summed E-state index contributed by atoms with van der Waals surface area (Å²) in [4.78, 5) is 11.4. The topological polar surface area (TPSA) is 35.5 Å². The van der Waals surface area contributed by atoms with Crippen molar-refractivity contribution in [3.63, 3.8) is 0 Å². The van der Waals surface area contributed by atoms with Gasteiger partial charge >= 0.3 is 5.97 Å². The molecule has 1 aromatic carbocycles. The molecule has 0 N–H and O–H groups in total. The second kappa shape index (κ2) is 3.91. The maximum atomic E-state index is 11.4. The third-order valence-corrected chi connectivity index (χ3v) is 2.64. The molecule has 1 heterocycles. The Balaban J connectivity index is 2.05. The van der Waals surface area contributed by atoms with Crippen molar-refractivity contribution >= 4 is 5.97 Å². The molecule has 0 aromatic heterocycles. The molecule has 3 nitrogen and oxygen atoms in total. The molecule has 1 aliphatic rings. The van der Waals surface area contributed by atoms with Crippen LogP contribution >= 0.6 is 0 Å². The number of rotatable bonds is 2. The molecule has 1 atom stereocenters. The zero-order chi connectivity index (χ0) is 11.8. The van der Waals surface area contributed by atoms with Gasteiger partial charge in [-0.25, -0.2) is 4.79 Å². The van der Waals surface area contributed by atoms with Gasteiger partial charge in [-0.2, -0.15) is 0 Å². The second-order valence-electron chi connectivity index (χ2n) is 4.66. The fraction of sp³-hybridized carbons (Fsp3) is 0.462. The number of hydrogen-bond donors (Lipinski definition) is 0. The largest absolute Gasteiger partial charge is 0.433 e. The molecule has 2 rings (SSSR count). The summed E-state index contributed by atoms with van der Waals surface area (Å²) in [5.41, 5.74) is 1.51. The highest BCUT2D eigenvalue weighted by Crippen LogP contribution is 2.25. The molecule has 0 radical (unpaired) electrons. The zero-order valence-corrected chi connectivity index (χ0v) is 9.82. The first-order chi connectivity index (χ1) is 7.47. The molecule has 0 amide bonds. The van der Waals surface area contributed by atoms with E-state index in [2.05, 4.69) is 6.07 Å². The average Bonchev–Trinajstić information content (AvgIpc) is 2.40. The molecular weight excluding hydrogens is 204 g/mol. The lowest BCUT2D eigenvalue weighted by molar-refractivity contribution is -0.144. The Morgan fingerprint density at radius 1 is 1.38 bits per heavy atom. The predicted molar refractivity (Wildman–Crippen MR) is 59.9 cm³/mol. The predicted octanol–water partition coefficient (Wildman–Crippen LogP) is 2.22. The highest BCUT2D eigenvalue weighted by molar-refractivity contribution is 5.80. The maximum Gasteiger partial charge on any atom is 0.340 e. The zero-order valence-electron chi connectivity index (χ0n) is 9.82. The SMILES string of the molecule is Cc1cccc(CC2OC(=O)C(C)(C)O2)c1. The van der Waals surface area contributed by atoms with E-state index in [1.54, 1.807) is 13.8 Å². The summed E-state index contributed by atoms with van der Waals surface area (Å²) >= 11 is 0. The number of hydrogen-bond acceptors (Lipinski definition) is 3. The van der Waals surface area contributed by atoms with Gasteiger partial charge < -0.3 is 9.47 Å². The van der Waals surface area contributed by atoms with Crippen LogP contribution in [-0.4, -0.2) is 17.9 Å². The Labute approximate surface area is 95.4 Å². The van der Waals surface area contributed by atoms with E-state index < -0.39 is 11.9 Å². The molecule has 3 heteroatoms. The van der Waals surface area contributed by atoms with Gasteiger partial charge in [-0.05, 0) is 26.3 Å². The lowest BCUT2D eigenvalue weighted by Gasteiger charge is -2.13. The fourth-order valence-electron chi connectivity index (χ4n) is 1.78. The Hall–Kier alpha value is -1.35. The van der Waals surface area contributed by atoms with E-state index >= 15 is 0 Å². The highest BCUT2D eigenvalue weighted by atomic mass is 16.8.